The third-order valence-corrected chi connectivity index (χ3v) is 6.59. The van der Waals surface area contributed by atoms with Crippen molar-refractivity contribution in [3.63, 3.8) is 0 Å². The first-order chi connectivity index (χ1) is 15.5. The standard InChI is InChI=1S/C25H21ClN2O3S/c1-3-21(23(29)27-19-13-8-11-18(26)15(19)2)31-25(30)17-10-5-4-9-16(17)24-28-20-12-6-7-14-22(20)32-24/h4-14,21H,3H2,1-2H3,(H,27,29). The van der Waals surface area contributed by atoms with Crippen LogP contribution in [0.25, 0.3) is 20.8 Å². The van der Waals surface area contributed by atoms with Crippen molar-refractivity contribution in [3.05, 3.63) is 82.9 Å². The summed E-state index contributed by atoms with van der Waals surface area (Å²) in [4.78, 5) is 30.5. The number of nitrogens with one attached hydrogen (secondary N) is 1. The van der Waals surface area contributed by atoms with Gasteiger partial charge in [-0.05, 0) is 49.2 Å². The largest absolute Gasteiger partial charge is 0.449 e. The molecule has 5 nitrogen and oxygen atoms in total. The first-order valence-electron chi connectivity index (χ1n) is 10.2. The number of nitrogens with zero attached hydrogens (tertiary/aromatic N) is 1. The minimum absolute atomic E-state index is 0.334. The van der Waals surface area contributed by atoms with Gasteiger partial charge in [0.15, 0.2) is 6.10 Å². The highest BCUT2D eigenvalue weighted by atomic mass is 35.5. The molecule has 1 atom stereocenters. The van der Waals surface area contributed by atoms with Gasteiger partial charge in [0, 0.05) is 16.3 Å². The number of anilines is 1. The molecule has 7 heteroatoms. The van der Waals surface area contributed by atoms with Gasteiger partial charge in [-0.15, -0.1) is 11.3 Å². The molecular weight excluding hydrogens is 444 g/mol. The zero-order valence-electron chi connectivity index (χ0n) is 17.6. The number of ether oxygens (including phenoxy) is 1. The lowest BCUT2D eigenvalue weighted by atomic mass is 10.1. The van der Waals surface area contributed by atoms with E-state index in [0.29, 0.717) is 28.3 Å². The molecule has 1 amide bonds. The van der Waals surface area contributed by atoms with Gasteiger partial charge in [0.05, 0.1) is 15.8 Å². The van der Waals surface area contributed by atoms with Crippen molar-refractivity contribution < 1.29 is 14.3 Å². The van der Waals surface area contributed by atoms with Gasteiger partial charge in [-0.25, -0.2) is 9.78 Å². The van der Waals surface area contributed by atoms with Crippen molar-refractivity contribution >= 4 is 50.7 Å². The molecule has 32 heavy (non-hydrogen) atoms. The average Bonchev–Trinajstić information content (AvgIpc) is 3.24. The molecule has 4 aromatic rings. The maximum atomic E-state index is 13.1. The van der Waals surface area contributed by atoms with Crippen LogP contribution in [0.2, 0.25) is 5.02 Å². The highest BCUT2D eigenvalue weighted by molar-refractivity contribution is 7.21. The summed E-state index contributed by atoms with van der Waals surface area (Å²) in [6.45, 7) is 3.61. The van der Waals surface area contributed by atoms with E-state index in [9.17, 15) is 9.59 Å². The maximum Gasteiger partial charge on any atom is 0.339 e. The molecule has 1 heterocycles. The zero-order valence-corrected chi connectivity index (χ0v) is 19.2. The predicted octanol–water partition coefficient (Wildman–Crippen LogP) is 6.50. The van der Waals surface area contributed by atoms with Gasteiger partial charge in [0.1, 0.15) is 5.01 Å². The summed E-state index contributed by atoms with van der Waals surface area (Å²) < 4.78 is 6.65. The molecule has 162 valence electrons. The number of para-hydroxylation sites is 1. The number of hydrogen-bond donors (Lipinski definition) is 1. The van der Waals surface area contributed by atoms with Gasteiger partial charge in [0.25, 0.3) is 5.91 Å². The normalized spacial score (nSPS) is 11.8. The van der Waals surface area contributed by atoms with Gasteiger partial charge < -0.3 is 10.1 Å². The van der Waals surface area contributed by atoms with Crippen LogP contribution >= 0.6 is 22.9 Å². The number of halogens is 1. The lowest BCUT2D eigenvalue weighted by molar-refractivity contribution is -0.124. The average molecular weight is 465 g/mol. The molecule has 0 radical (unpaired) electrons. The van der Waals surface area contributed by atoms with Crippen LogP contribution in [0.1, 0.15) is 29.3 Å². The summed E-state index contributed by atoms with van der Waals surface area (Å²) in [5, 5.41) is 4.09. The first-order valence-corrected chi connectivity index (χ1v) is 11.4. The number of hydrogen-bond acceptors (Lipinski definition) is 5. The molecule has 0 fully saturated rings. The Balaban J connectivity index is 1.56. The second-order valence-corrected chi connectivity index (χ2v) is 8.67. The topological polar surface area (TPSA) is 68.3 Å². The molecule has 1 unspecified atom stereocenters. The predicted molar refractivity (Wildman–Crippen MR) is 129 cm³/mol. The Hall–Kier alpha value is -3.22. The molecule has 3 aromatic carbocycles. The summed E-state index contributed by atoms with van der Waals surface area (Å²) in [7, 11) is 0. The molecule has 1 aromatic heterocycles. The van der Waals surface area contributed by atoms with Crippen LogP contribution in [0.15, 0.2) is 66.7 Å². The van der Waals surface area contributed by atoms with Gasteiger partial charge in [-0.2, -0.15) is 0 Å². The molecule has 0 saturated heterocycles. The van der Waals surface area contributed by atoms with Crippen LogP contribution in [0.3, 0.4) is 0 Å². The van der Waals surface area contributed by atoms with Crippen molar-refractivity contribution in [3.8, 4) is 10.6 Å². The lowest BCUT2D eigenvalue weighted by Crippen LogP contribution is -2.32. The maximum absolute atomic E-state index is 13.1. The van der Waals surface area contributed by atoms with E-state index in [1.807, 2.05) is 43.3 Å². The zero-order chi connectivity index (χ0) is 22.7. The fourth-order valence-corrected chi connectivity index (χ4v) is 4.49. The van der Waals surface area contributed by atoms with Crippen LogP contribution in [-0.2, 0) is 9.53 Å². The van der Waals surface area contributed by atoms with Crippen molar-refractivity contribution in [2.24, 2.45) is 0 Å². The number of amides is 1. The lowest BCUT2D eigenvalue weighted by Gasteiger charge is -2.18. The van der Waals surface area contributed by atoms with Crippen LogP contribution < -0.4 is 5.32 Å². The summed E-state index contributed by atoms with van der Waals surface area (Å²) in [6.07, 6.45) is -0.607. The highest BCUT2D eigenvalue weighted by Gasteiger charge is 2.25. The third kappa shape index (κ3) is 4.52. The Labute approximate surface area is 195 Å². The molecular formula is C25H21ClN2O3S. The Morgan fingerprint density at radius 3 is 2.59 bits per heavy atom. The van der Waals surface area contributed by atoms with Crippen molar-refractivity contribution in [2.75, 3.05) is 5.32 Å². The molecule has 0 aliphatic heterocycles. The second kappa shape index (κ2) is 9.51. The number of esters is 1. The summed E-state index contributed by atoms with van der Waals surface area (Å²) in [5.41, 5.74) is 3.27. The molecule has 0 aliphatic rings. The smallest absolute Gasteiger partial charge is 0.339 e. The number of carbonyl (C=O) groups excluding carboxylic acids is 2. The Morgan fingerprint density at radius 1 is 1.06 bits per heavy atom. The number of aromatic nitrogens is 1. The summed E-state index contributed by atoms with van der Waals surface area (Å²) >= 11 is 7.65. The molecule has 1 N–H and O–H groups in total. The summed E-state index contributed by atoms with van der Waals surface area (Å²) in [5.74, 6) is -0.964. The van der Waals surface area contributed by atoms with Gasteiger partial charge in [-0.1, -0.05) is 54.9 Å². The van der Waals surface area contributed by atoms with Crippen molar-refractivity contribution in [2.45, 2.75) is 26.4 Å². The number of fused-ring (bicyclic) bond motifs is 1. The van der Waals surface area contributed by atoms with Crippen LogP contribution in [-0.4, -0.2) is 23.0 Å². The van der Waals surface area contributed by atoms with Gasteiger partial charge in [0.2, 0.25) is 0 Å². The number of carbonyl (C=O) groups is 2. The van der Waals surface area contributed by atoms with E-state index >= 15 is 0 Å². The third-order valence-electron chi connectivity index (χ3n) is 5.11. The van der Waals surface area contributed by atoms with E-state index in [4.69, 9.17) is 16.3 Å². The summed E-state index contributed by atoms with van der Waals surface area (Å²) in [6, 6.07) is 20.2. The van der Waals surface area contributed by atoms with E-state index in [1.165, 1.54) is 11.3 Å². The van der Waals surface area contributed by atoms with E-state index < -0.39 is 18.0 Å². The van der Waals surface area contributed by atoms with Crippen LogP contribution in [0.4, 0.5) is 5.69 Å². The van der Waals surface area contributed by atoms with E-state index in [2.05, 4.69) is 10.3 Å². The fraction of sp³-hybridized carbons (Fsp3) is 0.160. The van der Waals surface area contributed by atoms with Crippen molar-refractivity contribution in [1.29, 1.82) is 0 Å². The molecule has 4 rings (SSSR count). The molecule has 0 spiro atoms. The van der Waals surface area contributed by atoms with E-state index in [1.54, 1.807) is 37.3 Å². The first kappa shape index (κ1) is 22.0. The number of rotatable bonds is 6. The highest BCUT2D eigenvalue weighted by Crippen LogP contribution is 2.32. The fourth-order valence-electron chi connectivity index (χ4n) is 3.31. The van der Waals surface area contributed by atoms with Crippen molar-refractivity contribution in [1.82, 2.24) is 4.98 Å². The number of benzene rings is 3. The molecule has 0 bridgehead atoms. The minimum atomic E-state index is -0.940. The Morgan fingerprint density at radius 2 is 1.81 bits per heavy atom. The second-order valence-electron chi connectivity index (χ2n) is 7.24. The van der Waals surface area contributed by atoms with E-state index in [-0.39, 0.29) is 0 Å². The van der Waals surface area contributed by atoms with E-state index in [0.717, 1.165) is 20.8 Å². The van der Waals surface area contributed by atoms with Crippen LogP contribution in [0.5, 0.6) is 0 Å². The number of thiazole rings is 1. The molecule has 0 aliphatic carbocycles. The molecule has 0 saturated carbocycles. The Bertz CT molecular complexity index is 1270. The SMILES string of the molecule is CCC(OC(=O)c1ccccc1-c1nc2ccccc2s1)C(=O)Nc1cccc(Cl)c1C. The van der Waals surface area contributed by atoms with Gasteiger partial charge >= 0.3 is 5.97 Å². The minimum Gasteiger partial charge on any atom is -0.449 e. The Kier molecular flexibility index (Phi) is 6.53. The monoisotopic (exact) mass is 464 g/mol. The van der Waals surface area contributed by atoms with Crippen LogP contribution in [0, 0.1) is 6.92 Å². The van der Waals surface area contributed by atoms with Gasteiger partial charge in [-0.3, -0.25) is 4.79 Å². The quantitative estimate of drug-likeness (QED) is 0.331.